The van der Waals surface area contributed by atoms with Gasteiger partial charge in [0.05, 0.1) is 0 Å². The molecule has 0 radical (unpaired) electrons. The molecular formula is C16H32N2. The third kappa shape index (κ3) is 4.24. The smallest absolute Gasteiger partial charge is 0.0107 e. The summed E-state index contributed by atoms with van der Waals surface area (Å²) in [7, 11) is 0. The van der Waals surface area contributed by atoms with Crippen molar-refractivity contribution in [2.45, 2.75) is 71.4 Å². The van der Waals surface area contributed by atoms with Crippen LogP contribution in [0.3, 0.4) is 0 Å². The van der Waals surface area contributed by atoms with Crippen LogP contribution in [0.1, 0.15) is 59.3 Å². The Morgan fingerprint density at radius 3 is 2.56 bits per heavy atom. The molecule has 2 rings (SSSR count). The van der Waals surface area contributed by atoms with Gasteiger partial charge in [0.2, 0.25) is 0 Å². The van der Waals surface area contributed by atoms with E-state index in [2.05, 4.69) is 31.0 Å². The van der Waals surface area contributed by atoms with Crippen molar-refractivity contribution < 1.29 is 0 Å². The largest absolute Gasteiger partial charge is 0.314 e. The van der Waals surface area contributed by atoms with Crippen LogP contribution in [-0.2, 0) is 0 Å². The van der Waals surface area contributed by atoms with Crippen LogP contribution in [0.4, 0.5) is 0 Å². The van der Waals surface area contributed by atoms with Gasteiger partial charge in [0, 0.05) is 25.2 Å². The number of rotatable bonds is 8. The van der Waals surface area contributed by atoms with Gasteiger partial charge >= 0.3 is 0 Å². The third-order valence-corrected chi connectivity index (χ3v) is 4.45. The molecule has 0 aromatic rings. The summed E-state index contributed by atoms with van der Waals surface area (Å²) in [5.41, 5.74) is 0. The molecule has 2 heteroatoms. The molecule has 1 N–H and O–H groups in total. The van der Waals surface area contributed by atoms with Crippen LogP contribution in [0.25, 0.3) is 0 Å². The maximum absolute atomic E-state index is 3.77. The molecule has 2 nitrogen and oxygen atoms in total. The molecule has 0 bridgehead atoms. The van der Waals surface area contributed by atoms with Crippen LogP contribution in [-0.4, -0.2) is 36.6 Å². The highest BCUT2D eigenvalue weighted by Crippen LogP contribution is 2.32. The van der Waals surface area contributed by atoms with E-state index in [0.717, 1.165) is 23.9 Å². The summed E-state index contributed by atoms with van der Waals surface area (Å²) >= 11 is 0. The van der Waals surface area contributed by atoms with Gasteiger partial charge in [-0.1, -0.05) is 27.2 Å². The highest BCUT2D eigenvalue weighted by Gasteiger charge is 2.34. The van der Waals surface area contributed by atoms with Crippen LogP contribution in [0.5, 0.6) is 0 Å². The van der Waals surface area contributed by atoms with Crippen molar-refractivity contribution in [3.05, 3.63) is 0 Å². The first-order chi connectivity index (χ1) is 8.70. The summed E-state index contributed by atoms with van der Waals surface area (Å²) in [4.78, 5) is 2.79. The SMILES string of the molecule is CCCNC1CCCC1CN(CC(C)C)C1CC1. The normalized spacial score (nSPS) is 28.5. The monoisotopic (exact) mass is 252 g/mol. The van der Waals surface area contributed by atoms with Crippen LogP contribution in [0, 0.1) is 11.8 Å². The molecule has 0 aromatic heterocycles. The van der Waals surface area contributed by atoms with Crippen LogP contribution in [0.15, 0.2) is 0 Å². The average Bonchev–Trinajstić information content (AvgIpc) is 3.08. The number of hydrogen-bond donors (Lipinski definition) is 1. The summed E-state index contributed by atoms with van der Waals surface area (Å²) in [5, 5.41) is 3.77. The fourth-order valence-corrected chi connectivity index (χ4v) is 3.44. The van der Waals surface area contributed by atoms with Gasteiger partial charge in [0.1, 0.15) is 0 Å². The third-order valence-electron chi connectivity index (χ3n) is 4.45. The molecule has 2 aliphatic rings. The molecule has 0 aromatic carbocycles. The minimum Gasteiger partial charge on any atom is -0.314 e. The highest BCUT2D eigenvalue weighted by atomic mass is 15.2. The van der Waals surface area contributed by atoms with E-state index in [1.807, 2.05) is 0 Å². The number of hydrogen-bond acceptors (Lipinski definition) is 2. The zero-order valence-electron chi connectivity index (χ0n) is 12.6. The summed E-state index contributed by atoms with van der Waals surface area (Å²) in [6.45, 7) is 10.8. The molecule has 18 heavy (non-hydrogen) atoms. The first kappa shape index (κ1) is 14.3. The van der Waals surface area contributed by atoms with Crippen LogP contribution in [0.2, 0.25) is 0 Å². The molecule has 2 saturated carbocycles. The topological polar surface area (TPSA) is 15.3 Å². The second-order valence-corrected chi connectivity index (χ2v) is 6.83. The van der Waals surface area contributed by atoms with Gasteiger partial charge in [-0.25, -0.2) is 0 Å². The van der Waals surface area contributed by atoms with E-state index in [4.69, 9.17) is 0 Å². The fourth-order valence-electron chi connectivity index (χ4n) is 3.44. The molecule has 0 aliphatic heterocycles. The molecule has 2 unspecified atom stereocenters. The van der Waals surface area contributed by atoms with Gasteiger partial charge in [0.25, 0.3) is 0 Å². The van der Waals surface area contributed by atoms with Crippen LogP contribution >= 0.6 is 0 Å². The quantitative estimate of drug-likeness (QED) is 0.713. The Kier molecular flexibility index (Phi) is 5.50. The van der Waals surface area contributed by atoms with E-state index in [-0.39, 0.29) is 0 Å². The predicted molar refractivity (Wildman–Crippen MR) is 78.9 cm³/mol. The summed E-state index contributed by atoms with van der Waals surface area (Å²) in [6.07, 6.45) is 8.46. The Hall–Kier alpha value is -0.0800. The van der Waals surface area contributed by atoms with Crippen LogP contribution < -0.4 is 5.32 Å². The summed E-state index contributed by atoms with van der Waals surface area (Å²) in [6, 6.07) is 1.73. The zero-order valence-corrected chi connectivity index (χ0v) is 12.6. The van der Waals surface area contributed by atoms with E-state index in [9.17, 15) is 0 Å². The second-order valence-electron chi connectivity index (χ2n) is 6.83. The van der Waals surface area contributed by atoms with Crippen molar-refractivity contribution in [1.82, 2.24) is 10.2 Å². The van der Waals surface area contributed by atoms with Crippen molar-refractivity contribution in [3.63, 3.8) is 0 Å². The molecule has 2 fully saturated rings. The zero-order chi connectivity index (χ0) is 13.0. The lowest BCUT2D eigenvalue weighted by molar-refractivity contribution is 0.186. The summed E-state index contributed by atoms with van der Waals surface area (Å²) in [5.74, 6) is 1.73. The predicted octanol–water partition coefficient (Wildman–Crippen LogP) is 3.28. The lowest BCUT2D eigenvalue weighted by Crippen LogP contribution is -2.41. The lowest BCUT2D eigenvalue weighted by atomic mass is 10.0. The van der Waals surface area contributed by atoms with Gasteiger partial charge in [-0.3, -0.25) is 4.90 Å². The summed E-state index contributed by atoms with van der Waals surface area (Å²) < 4.78 is 0. The molecule has 0 amide bonds. The Morgan fingerprint density at radius 2 is 1.94 bits per heavy atom. The maximum Gasteiger partial charge on any atom is 0.0107 e. The van der Waals surface area contributed by atoms with E-state index >= 15 is 0 Å². The lowest BCUT2D eigenvalue weighted by Gasteiger charge is -2.30. The number of nitrogens with one attached hydrogen (secondary N) is 1. The molecule has 0 heterocycles. The van der Waals surface area contributed by atoms with Gasteiger partial charge in [-0.05, 0) is 50.5 Å². The van der Waals surface area contributed by atoms with Crippen molar-refractivity contribution in [3.8, 4) is 0 Å². The van der Waals surface area contributed by atoms with E-state index in [1.165, 1.54) is 58.2 Å². The molecule has 2 aliphatic carbocycles. The van der Waals surface area contributed by atoms with Gasteiger partial charge in [-0.2, -0.15) is 0 Å². The Labute approximate surface area is 114 Å². The van der Waals surface area contributed by atoms with Crippen molar-refractivity contribution >= 4 is 0 Å². The average molecular weight is 252 g/mol. The van der Waals surface area contributed by atoms with E-state index in [1.54, 1.807) is 0 Å². The first-order valence-corrected chi connectivity index (χ1v) is 8.18. The van der Waals surface area contributed by atoms with E-state index < -0.39 is 0 Å². The standard InChI is InChI=1S/C16H32N2/c1-4-10-17-16-7-5-6-14(16)12-18(11-13(2)3)15-8-9-15/h13-17H,4-12H2,1-3H3. The first-order valence-electron chi connectivity index (χ1n) is 8.18. The molecule has 0 saturated heterocycles. The Morgan fingerprint density at radius 1 is 1.17 bits per heavy atom. The van der Waals surface area contributed by atoms with Gasteiger partial charge in [-0.15, -0.1) is 0 Å². The molecular weight excluding hydrogens is 220 g/mol. The fraction of sp³-hybridized carbons (Fsp3) is 1.00. The second kappa shape index (κ2) is 6.91. The molecule has 0 spiro atoms. The molecule has 2 atom stereocenters. The van der Waals surface area contributed by atoms with Crippen molar-refractivity contribution in [2.24, 2.45) is 11.8 Å². The van der Waals surface area contributed by atoms with Crippen molar-refractivity contribution in [1.29, 1.82) is 0 Å². The Balaban J connectivity index is 1.81. The van der Waals surface area contributed by atoms with Crippen molar-refractivity contribution in [2.75, 3.05) is 19.6 Å². The molecule has 106 valence electrons. The minimum absolute atomic E-state index is 0.804. The number of nitrogens with zero attached hydrogens (tertiary/aromatic N) is 1. The van der Waals surface area contributed by atoms with E-state index in [0.29, 0.717) is 0 Å². The minimum atomic E-state index is 0.804. The van der Waals surface area contributed by atoms with Gasteiger partial charge in [0.15, 0.2) is 0 Å². The van der Waals surface area contributed by atoms with Gasteiger partial charge < -0.3 is 5.32 Å². The Bertz CT molecular complexity index is 235. The highest BCUT2D eigenvalue weighted by molar-refractivity contribution is 4.90. The maximum atomic E-state index is 3.77.